The normalized spacial score (nSPS) is 11.8. The summed E-state index contributed by atoms with van der Waals surface area (Å²) in [5.74, 6) is 0.574. The van der Waals surface area contributed by atoms with Gasteiger partial charge in [-0.15, -0.1) is 0 Å². The van der Waals surface area contributed by atoms with Gasteiger partial charge in [-0.05, 0) is 30.3 Å². The molecule has 0 aliphatic heterocycles. The smallest absolute Gasteiger partial charge is 0.435 e. The van der Waals surface area contributed by atoms with Crippen LogP contribution in [-0.4, -0.2) is 9.78 Å². The number of hydrogen-bond donors (Lipinski definition) is 0. The molecule has 1 aromatic carbocycles. The summed E-state index contributed by atoms with van der Waals surface area (Å²) in [5, 5.41) is 3.57. The van der Waals surface area contributed by atoms with Gasteiger partial charge in [0.05, 0.1) is 12.0 Å². The van der Waals surface area contributed by atoms with Gasteiger partial charge < -0.3 is 4.42 Å². The molecule has 0 atom stereocenters. The van der Waals surface area contributed by atoms with Gasteiger partial charge in [0.25, 0.3) is 0 Å². The van der Waals surface area contributed by atoms with E-state index < -0.39 is 11.9 Å². The van der Waals surface area contributed by atoms with Crippen LogP contribution in [0.1, 0.15) is 5.69 Å². The number of hydrogen-bond acceptors (Lipinski definition) is 2. The molecule has 0 saturated heterocycles. The monoisotopic (exact) mass is 278 g/mol. The van der Waals surface area contributed by atoms with Gasteiger partial charge in [0, 0.05) is 11.8 Å². The van der Waals surface area contributed by atoms with Crippen LogP contribution in [0.4, 0.5) is 13.2 Å². The fourth-order valence-corrected chi connectivity index (χ4v) is 1.92. The highest BCUT2D eigenvalue weighted by Crippen LogP contribution is 2.30. The van der Waals surface area contributed by atoms with Crippen molar-refractivity contribution in [3.05, 3.63) is 60.6 Å². The zero-order chi connectivity index (χ0) is 14.2. The van der Waals surface area contributed by atoms with Crippen LogP contribution in [0.3, 0.4) is 0 Å². The molecule has 2 aromatic heterocycles. The Kier molecular flexibility index (Phi) is 2.85. The average Bonchev–Trinajstić information content (AvgIpc) is 3.10. The highest BCUT2D eigenvalue weighted by molar-refractivity contribution is 5.68. The van der Waals surface area contributed by atoms with E-state index in [4.69, 9.17) is 4.42 Å². The first kappa shape index (κ1) is 12.5. The van der Waals surface area contributed by atoms with Gasteiger partial charge in [-0.3, -0.25) is 0 Å². The Morgan fingerprint density at radius 3 is 2.45 bits per heavy atom. The van der Waals surface area contributed by atoms with Crippen LogP contribution < -0.4 is 0 Å². The molecular weight excluding hydrogens is 269 g/mol. The van der Waals surface area contributed by atoms with Crippen LogP contribution in [0.5, 0.6) is 0 Å². The highest BCUT2D eigenvalue weighted by atomic mass is 19.4. The van der Waals surface area contributed by atoms with Crippen LogP contribution in [0.2, 0.25) is 0 Å². The number of benzene rings is 1. The topological polar surface area (TPSA) is 31.0 Å². The molecule has 3 nitrogen and oxygen atoms in total. The second-order valence-electron chi connectivity index (χ2n) is 4.14. The molecular formula is C14H9F3N2O. The highest BCUT2D eigenvalue weighted by Gasteiger charge is 2.33. The third-order valence-electron chi connectivity index (χ3n) is 2.82. The summed E-state index contributed by atoms with van der Waals surface area (Å²) in [7, 11) is 0. The maximum Gasteiger partial charge on any atom is 0.435 e. The molecule has 0 aliphatic carbocycles. The lowest BCUT2D eigenvalue weighted by molar-refractivity contribution is -0.141. The molecule has 102 valence electrons. The minimum Gasteiger partial charge on any atom is -0.464 e. The van der Waals surface area contributed by atoms with Crippen molar-refractivity contribution < 1.29 is 17.6 Å². The zero-order valence-electron chi connectivity index (χ0n) is 10.1. The minimum absolute atomic E-state index is 0.526. The average molecular weight is 278 g/mol. The molecule has 0 N–H and O–H groups in total. The predicted molar refractivity (Wildman–Crippen MR) is 66.3 cm³/mol. The van der Waals surface area contributed by atoms with E-state index in [0.717, 1.165) is 6.07 Å². The van der Waals surface area contributed by atoms with Crippen molar-refractivity contribution >= 4 is 0 Å². The lowest BCUT2D eigenvalue weighted by Gasteiger charge is -2.07. The summed E-state index contributed by atoms with van der Waals surface area (Å²) in [6, 6.07) is 11.4. The van der Waals surface area contributed by atoms with Gasteiger partial charge in [0.15, 0.2) is 5.69 Å². The number of aromatic nitrogens is 2. The first-order valence-electron chi connectivity index (χ1n) is 5.82. The fourth-order valence-electron chi connectivity index (χ4n) is 1.92. The quantitative estimate of drug-likeness (QED) is 0.705. The van der Waals surface area contributed by atoms with Crippen molar-refractivity contribution in [3.63, 3.8) is 0 Å². The first-order chi connectivity index (χ1) is 9.55. The van der Waals surface area contributed by atoms with Crippen LogP contribution in [0.25, 0.3) is 17.0 Å². The van der Waals surface area contributed by atoms with Crippen molar-refractivity contribution in [1.29, 1.82) is 0 Å². The zero-order valence-corrected chi connectivity index (χ0v) is 10.1. The van der Waals surface area contributed by atoms with E-state index in [1.165, 1.54) is 17.1 Å². The van der Waals surface area contributed by atoms with Gasteiger partial charge in [0.1, 0.15) is 5.76 Å². The van der Waals surface area contributed by atoms with E-state index in [1.54, 1.807) is 36.4 Å². The van der Waals surface area contributed by atoms with Crippen molar-refractivity contribution in [2.75, 3.05) is 0 Å². The maximum absolute atomic E-state index is 12.6. The molecule has 3 aromatic rings. The molecule has 0 radical (unpaired) electrons. The Hall–Kier alpha value is -2.50. The van der Waals surface area contributed by atoms with E-state index in [9.17, 15) is 13.2 Å². The van der Waals surface area contributed by atoms with Gasteiger partial charge in [-0.25, -0.2) is 4.68 Å². The Morgan fingerprint density at radius 2 is 1.80 bits per heavy atom. The summed E-state index contributed by atoms with van der Waals surface area (Å²) in [6.45, 7) is 0. The Morgan fingerprint density at radius 1 is 1.00 bits per heavy atom. The molecule has 3 rings (SSSR count). The van der Waals surface area contributed by atoms with Crippen molar-refractivity contribution in [2.45, 2.75) is 6.18 Å². The Balaban J connectivity index is 2.09. The van der Waals surface area contributed by atoms with Crippen molar-refractivity contribution in [1.82, 2.24) is 9.78 Å². The summed E-state index contributed by atoms with van der Waals surface area (Å²) in [6.07, 6.45) is -1.66. The number of rotatable bonds is 2. The van der Waals surface area contributed by atoms with Gasteiger partial charge in [0.2, 0.25) is 0 Å². The number of para-hydroxylation sites is 1. The molecule has 0 spiro atoms. The summed E-state index contributed by atoms with van der Waals surface area (Å²) < 4.78 is 44.3. The first-order valence-corrected chi connectivity index (χ1v) is 5.82. The Labute approximate surface area is 112 Å². The number of alkyl halides is 3. The van der Waals surface area contributed by atoms with Crippen molar-refractivity contribution in [2.24, 2.45) is 0 Å². The molecule has 20 heavy (non-hydrogen) atoms. The van der Waals surface area contributed by atoms with Crippen LogP contribution in [0.15, 0.2) is 59.3 Å². The molecule has 0 saturated carbocycles. The van der Waals surface area contributed by atoms with Crippen LogP contribution in [-0.2, 0) is 6.18 Å². The SMILES string of the molecule is FC(F)(F)c1ccn(-c2ccccc2-c2ccco2)n1. The molecule has 0 bridgehead atoms. The second-order valence-corrected chi connectivity index (χ2v) is 4.14. The summed E-state index contributed by atoms with van der Waals surface area (Å²) in [5.41, 5.74) is 0.277. The van der Waals surface area contributed by atoms with Gasteiger partial charge >= 0.3 is 6.18 Å². The number of furan rings is 1. The number of nitrogens with zero attached hydrogens (tertiary/aromatic N) is 2. The third kappa shape index (κ3) is 2.20. The summed E-state index contributed by atoms with van der Waals surface area (Å²) in [4.78, 5) is 0. The van der Waals surface area contributed by atoms with Crippen molar-refractivity contribution in [3.8, 4) is 17.0 Å². The third-order valence-corrected chi connectivity index (χ3v) is 2.82. The standard InChI is InChI=1S/C14H9F3N2O/c15-14(16,17)13-7-8-19(18-13)11-5-2-1-4-10(11)12-6-3-9-20-12/h1-9H. The largest absolute Gasteiger partial charge is 0.464 e. The van der Waals surface area contributed by atoms with Crippen LogP contribution in [0, 0.1) is 0 Å². The minimum atomic E-state index is -4.45. The molecule has 0 unspecified atom stereocenters. The lowest BCUT2D eigenvalue weighted by atomic mass is 10.1. The van der Waals surface area contributed by atoms with Gasteiger partial charge in [-0.2, -0.15) is 18.3 Å². The van der Waals surface area contributed by atoms with E-state index in [2.05, 4.69) is 5.10 Å². The molecule has 0 amide bonds. The van der Waals surface area contributed by atoms with Crippen LogP contribution >= 0.6 is 0 Å². The molecule has 0 fully saturated rings. The molecule has 2 heterocycles. The van der Waals surface area contributed by atoms with E-state index in [1.807, 2.05) is 0 Å². The van der Waals surface area contributed by atoms with Gasteiger partial charge in [-0.1, -0.05) is 12.1 Å². The Bertz CT molecular complexity index is 714. The maximum atomic E-state index is 12.6. The van der Waals surface area contributed by atoms with E-state index in [-0.39, 0.29) is 0 Å². The summed E-state index contributed by atoms with van der Waals surface area (Å²) >= 11 is 0. The predicted octanol–water partition coefficient (Wildman–Crippen LogP) is 4.15. The second kappa shape index (κ2) is 4.56. The molecule has 0 aliphatic rings. The molecule has 6 heteroatoms. The lowest BCUT2D eigenvalue weighted by Crippen LogP contribution is -2.07. The number of halogens is 3. The van der Waals surface area contributed by atoms with E-state index in [0.29, 0.717) is 17.0 Å². The fraction of sp³-hybridized carbons (Fsp3) is 0.0714. The van der Waals surface area contributed by atoms with E-state index >= 15 is 0 Å².